The van der Waals surface area contributed by atoms with E-state index in [0.29, 0.717) is 23.7 Å². The maximum absolute atomic E-state index is 13.6. The molecule has 0 saturated carbocycles. The molecule has 4 rings (SSSR count). The van der Waals surface area contributed by atoms with Gasteiger partial charge in [0.2, 0.25) is 5.91 Å². The number of anilines is 2. The zero-order chi connectivity index (χ0) is 21.8. The van der Waals surface area contributed by atoms with Crippen LogP contribution in [0.2, 0.25) is 0 Å². The Labute approximate surface area is 184 Å². The Bertz CT molecular complexity index is 1080. The minimum absolute atomic E-state index is 0.153. The Morgan fingerprint density at radius 2 is 1.87 bits per heavy atom. The Balaban J connectivity index is 1.67. The van der Waals surface area contributed by atoms with Gasteiger partial charge in [-0.1, -0.05) is 24.3 Å². The van der Waals surface area contributed by atoms with E-state index in [0.717, 1.165) is 10.6 Å². The van der Waals surface area contributed by atoms with Crippen molar-refractivity contribution in [3.8, 4) is 5.75 Å². The van der Waals surface area contributed by atoms with Crippen molar-refractivity contribution < 1.29 is 14.3 Å². The van der Waals surface area contributed by atoms with Crippen molar-refractivity contribution in [1.82, 2.24) is 0 Å². The maximum Gasteiger partial charge on any atom is 0.274 e. The fourth-order valence-electron chi connectivity index (χ4n) is 3.44. The van der Waals surface area contributed by atoms with Crippen LogP contribution in [-0.2, 0) is 16.1 Å². The molecule has 31 heavy (non-hydrogen) atoms. The van der Waals surface area contributed by atoms with E-state index in [1.165, 1.54) is 5.01 Å². The summed E-state index contributed by atoms with van der Waals surface area (Å²) in [5.41, 5.74) is 7.35. The van der Waals surface area contributed by atoms with Crippen LogP contribution in [0.1, 0.15) is 11.3 Å². The molecule has 0 bridgehead atoms. The minimum Gasteiger partial charge on any atom is -0.497 e. The van der Waals surface area contributed by atoms with Gasteiger partial charge in [0.15, 0.2) is 0 Å². The number of amides is 2. The summed E-state index contributed by atoms with van der Waals surface area (Å²) in [6.07, 6.45) is 0.153. The van der Waals surface area contributed by atoms with E-state index >= 15 is 0 Å². The predicted molar refractivity (Wildman–Crippen MR) is 122 cm³/mol. The second-order valence-electron chi connectivity index (χ2n) is 7.02. The molecule has 2 aromatic carbocycles. The van der Waals surface area contributed by atoms with Crippen LogP contribution in [0.4, 0.5) is 11.4 Å². The Kier molecular flexibility index (Phi) is 5.99. The number of hydrogen-bond donors (Lipinski definition) is 1. The summed E-state index contributed by atoms with van der Waals surface area (Å²) in [5, 5.41) is 8.01. The first-order valence-electron chi connectivity index (χ1n) is 9.76. The third kappa shape index (κ3) is 4.44. The fourth-order valence-corrected chi connectivity index (χ4v) is 4.13. The van der Waals surface area contributed by atoms with Gasteiger partial charge < -0.3 is 15.4 Å². The van der Waals surface area contributed by atoms with Crippen molar-refractivity contribution in [2.45, 2.75) is 19.0 Å². The first-order valence-corrected chi connectivity index (χ1v) is 10.6. The third-order valence-electron chi connectivity index (χ3n) is 5.03. The number of nitrogens with zero attached hydrogens (tertiary/aromatic N) is 3. The number of carbonyl (C=O) groups excluding carboxylic acids is 2. The standard InChI is InChI=1S/C23H22N4O3S/c1-30-18-11-9-16(10-12-18)26(15-19-8-5-13-31-19)23(29)20-14-21(22(24)28)27(25-20)17-6-3-2-4-7-17/h2-13,21H,14-15H2,1H3,(H2,24,28). The molecule has 1 unspecified atom stereocenters. The number of thiophene rings is 1. The lowest BCUT2D eigenvalue weighted by Gasteiger charge is -2.22. The predicted octanol–water partition coefficient (Wildman–Crippen LogP) is 3.41. The first-order chi connectivity index (χ1) is 15.1. The number of para-hydroxylation sites is 1. The van der Waals surface area contributed by atoms with Crippen LogP contribution in [0.5, 0.6) is 5.75 Å². The molecule has 1 aliphatic heterocycles. The Morgan fingerprint density at radius 1 is 1.13 bits per heavy atom. The highest BCUT2D eigenvalue weighted by molar-refractivity contribution is 7.09. The highest BCUT2D eigenvalue weighted by atomic mass is 32.1. The lowest BCUT2D eigenvalue weighted by Crippen LogP contribution is -2.40. The van der Waals surface area contributed by atoms with Gasteiger partial charge in [-0.15, -0.1) is 11.3 Å². The summed E-state index contributed by atoms with van der Waals surface area (Å²) < 4.78 is 5.24. The van der Waals surface area contributed by atoms with Crippen LogP contribution in [-0.4, -0.2) is 30.7 Å². The number of methoxy groups -OCH3 is 1. The van der Waals surface area contributed by atoms with Gasteiger partial charge in [0.25, 0.3) is 5.91 Å². The second kappa shape index (κ2) is 9.01. The lowest BCUT2D eigenvalue weighted by molar-refractivity contribution is -0.119. The number of ether oxygens (including phenoxy) is 1. The summed E-state index contributed by atoms with van der Waals surface area (Å²) in [6, 6.07) is 19.7. The van der Waals surface area contributed by atoms with Crippen LogP contribution in [0.25, 0.3) is 0 Å². The average molecular weight is 435 g/mol. The number of carbonyl (C=O) groups is 2. The SMILES string of the molecule is COc1ccc(N(Cc2cccs2)C(=O)C2=NN(c3ccccc3)C(C(N)=O)C2)cc1. The molecular weight excluding hydrogens is 412 g/mol. The van der Waals surface area contributed by atoms with Gasteiger partial charge in [0, 0.05) is 17.0 Å². The zero-order valence-electron chi connectivity index (χ0n) is 17.0. The summed E-state index contributed by atoms with van der Waals surface area (Å²) in [4.78, 5) is 28.4. The molecule has 0 spiro atoms. The van der Waals surface area contributed by atoms with Crippen molar-refractivity contribution in [1.29, 1.82) is 0 Å². The van der Waals surface area contributed by atoms with E-state index in [-0.39, 0.29) is 12.3 Å². The molecule has 2 N–H and O–H groups in total. The van der Waals surface area contributed by atoms with Crippen LogP contribution in [0.3, 0.4) is 0 Å². The van der Waals surface area contributed by atoms with Gasteiger partial charge in [0.1, 0.15) is 17.5 Å². The quantitative estimate of drug-likeness (QED) is 0.617. The largest absolute Gasteiger partial charge is 0.497 e. The maximum atomic E-state index is 13.6. The minimum atomic E-state index is -0.708. The van der Waals surface area contributed by atoms with Crippen LogP contribution in [0, 0.1) is 0 Å². The molecule has 1 aromatic heterocycles. The number of hydrogen-bond acceptors (Lipinski definition) is 6. The summed E-state index contributed by atoms with van der Waals surface area (Å²) in [6.45, 7) is 0.397. The highest BCUT2D eigenvalue weighted by Crippen LogP contribution is 2.28. The third-order valence-corrected chi connectivity index (χ3v) is 5.89. The topological polar surface area (TPSA) is 88.2 Å². The van der Waals surface area contributed by atoms with E-state index in [1.54, 1.807) is 23.3 Å². The monoisotopic (exact) mass is 434 g/mol. The molecule has 2 heterocycles. The molecule has 1 aliphatic rings. The molecule has 0 fully saturated rings. The van der Waals surface area contributed by atoms with Crippen LogP contribution >= 0.6 is 11.3 Å². The molecule has 3 aromatic rings. The fraction of sp³-hybridized carbons (Fsp3) is 0.174. The molecular formula is C23H22N4O3S. The molecule has 0 aliphatic carbocycles. The smallest absolute Gasteiger partial charge is 0.274 e. The van der Waals surface area contributed by atoms with Crippen molar-refractivity contribution in [3.05, 3.63) is 77.0 Å². The van der Waals surface area contributed by atoms with Crippen molar-refractivity contribution in [2.75, 3.05) is 17.0 Å². The Morgan fingerprint density at radius 3 is 2.48 bits per heavy atom. The normalized spacial score (nSPS) is 15.5. The molecule has 158 valence electrons. The average Bonchev–Trinajstić information content (AvgIpc) is 3.48. The number of nitrogens with two attached hydrogens (primary N) is 1. The summed E-state index contributed by atoms with van der Waals surface area (Å²) in [5.74, 6) is -0.0811. The van der Waals surface area contributed by atoms with Crippen LogP contribution in [0.15, 0.2) is 77.2 Å². The van der Waals surface area contributed by atoms with E-state index < -0.39 is 11.9 Å². The molecule has 0 saturated heterocycles. The number of benzene rings is 2. The molecule has 7 nitrogen and oxygen atoms in total. The summed E-state index contributed by atoms with van der Waals surface area (Å²) >= 11 is 1.57. The molecule has 0 radical (unpaired) electrons. The van der Waals surface area contributed by atoms with E-state index in [4.69, 9.17) is 10.5 Å². The zero-order valence-corrected chi connectivity index (χ0v) is 17.8. The van der Waals surface area contributed by atoms with Crippen molar-refractivity contribution in [2.24, 2.45) is 10.8 Å². The number of rotatable bonds is 7. The number of primary amides is 1. The van der Waals surface area contributed by atoms with Gasteiger partial charge in [-0.25, -0.2) is 0 Å². The highest BCUT2D eigenvalue weighted by Gasteiger charge is 2.37. The number of hydrazone groups is 1. The lowest BCUT2D eigenvalue weighted by atomic mass is 10.1. The van der Waals surface area contributed by atoms with E-state index in [2.05, 4.69) is 5.10 Å². The van der Waals surface area contributed by atoms with Gasteiger partial charge in [0.05, 0.1) is 19.3 Å². The molecule has 2 amide bonds. The first kappa shape index (κ1) is 20.6. The molecule has 1 atom stereocenters. The van der Waals surface area contributed by atoms with Crippen molar-refractivity contribution in [3.63, 3.8) is 0 Å². The van der Waals surface area contributed by atoms with Gasteiger partial charge in [-0.2, -0.15) is 5.10 Å². The second-order valence-corrected chi connectivity index (χ2v) is 8.05. The van der Waals surface area contributed by atoms with E-state index in [9.17, 15) is 9.59 Å². The van der Waals surface area contributed by atoms with E-state index in [1.807, 2.05) is 72.1 Å². The summed E-state index contributed by atoms with van der Waals surface area (Å²) in [7, 11) is 1.60. The molecule has 8 heteroatoms. The van der Waals surface area contributed by atoms with Crippen molar-refractivity contribution >= 4 is 40.2 Å². The van der Waals surface area contributed by atoms with Gasteiger partial charge in [-0.05, 0) is 47.8 Å². The van der Waals surface area contributed by atoms with Crippen LogP contribution < -0.4 is 20.4 Å². The van der Waals surface area contributed by atoms with Gasteiger partial charge >= 0.3 is 0 Å². The van der Waals surface area contributed by atoms with Gasteiger partial charge in [-0.3, -0.25) is 14.6 Å². The Hall–Kier alpha value is -3.65.